The van der Waals surface area contributed by atoms with E-state index >= 15 is 0 Å². The van der Waals surface area contributed by atoms with Gasteiger partial charge in [0.1, 0.15) is 0 Å². The number of rotatable bonds is 4. The zero-order valence-corrected chi connectivity index (χ0v) is 10.6. The molecule has 3 nitrogen and oxygen atoms in total. The van der Waals surface area contributed by atoms with Crippen molar-refractivity contribution in [2.24, 2.45) is 4.99 Å². The Kier molecular flexibility index (Phi) is 3.85. The molecule has 0 unspecified atom stereocenters. The average Bonchev–Trinajstić information content (AvgIpc) is 2.40. The van der Waals surface area contributed by atoms with Gasteiger partial charge in [-0.1, -0.05) is 42.4 Å². The zero-order valence-electron chi connectivity index (χ0n) is 9.81. The fourth-order valence-electron chi connectivity index (χ4n) is 1.69. The van der Waals surface area contributed by atoms with Gasteiger partial charge >= 0.3 is 0 Å². The summed E-state index contributed by atoms with van der Waals surface area (Å²) in [4.78, 5) is 3.65. The minimum Gasteiger partial charge on any atom is -0.273 e. The van der Waals surface area contributed by atoms with Gasteiger partial charge in [-0.15, -0.1) is 5.10 Å². The number of halogens is 1. The van der Waals surface area contributed by atoms with E-state index in [1.54, 1.807) is 12.3 Å². The maximum Gasteiger partial charge on any atom is 0.159 e. The molecule has 1 aromatic carbocycles. The largest absolute Gasteiger partial charge is 0.273 e. The second-order valence-electron chi connectivity index (χ2n) is 3.82. The highest BCUT2D eigenvalue weighted by molar-refractivity contribution is 6.34. The normalized spacial score (nSPS) is 10.9. The van der Waals surface area contributed by atoms with Crippen molar-refractivity contribution in [2.75, 3.05) is 0 Å². The Morgan fingerprint density at radius 1 is 1.28 bits per heavy atom. The number of hydrogen-bond donors (Lipinski definition) is 0. The molecule has 1 heterocycles. The van der Waals surface area contributed by atoms with E-state index in [0.717, 1.165) is 22.0 Å². The first-order valence-corrected chi connectivity index (χ1v) is 5.80. The maximum absolute atomic E-state index is 6.02. The van der Waals surface area contributed by atoms with Crippen molar-refractivity contribution in [3.63, 3.8) is 0 Å². The molecule has 0 saturated heterocycles. The lowest BCUT2D eigenvalue weighted by atomic mass is 10.1. The van der Waals surface area contributed by atoms with Gasteiger partial charge < -0.3 is 0 Å². The predicted molar refractivity (Wildman–Crippen MR) is 76.1 cm³/mol. The second kappa shape index (κ2) is 5.56. The minimum atomic E-state index is 0.420. The predicted octanol–water partition coefficient (Wildman–Crippen LogP) is 3.60. The molecular weight excluding hydrogens is 246 g/mol. The van der Waals surface area contributed by atoms with Crippen LogP contribution in [-0.4, -0.2) is 16.9 Å². The zero-order chi connectivity index (χ0) is 13.0. The lowest BCUT2D eigenvalue weighted by molar-refractivity contribution is 0.960. The number of hydrogen-bond acceptors (Lipinski definition) is 3. The number of nitrogens with zero attached hydrogens (tertiary/aromatic N) is 3. The molecule has 0 fully saturated rings. The summed E-state index contributed by atoms with van der Waals surface area (Å²) in [5.41, 5.74) is 1.75. The first kappa shape index (κ1) is 12.5. The molecule has 4 heteroatoms. The third-order valence-electron chi connectivity index (χ3n) is 2.53. The van der Waals surface area contributed by atoms with Crippen molar-refractivity contribution in [1.82, 2.24) is 10.2 Å². The molecule has 0 aliphatic heterocycles. The Morgan fingerprint density at radius 3 is 2.72 bits per heavy atom. The van der Waals surface area contributed by atoms with Gasteiger partial charge in [-0.2, -0.15) is 5.10 Å². The topological polar surface area (TPSA) is 38.1 Å². The molecule has 90 valence electrons. The van der Waals surface area contributed by atoms with Crippen LogP contribution in [-0.2, 0) is 6.42 Å². The molecule has 0 aliphatic carbocycles. The summed E-state index contributed by atoms with van der Waals surface area (Å²) < 4.78 is 0. The minimum absolute atomic E-state index is 0.420. The van der Waals surface area contributed by atoms with Crippen LogP contribution in [0.15, 0.2) is 53.7 Å². The summed E-state index contributed by atoms with van der Waals surface area (Å²) in [6.07, 6.45) is 4.02. The van der Waals surface area contributed by atoms with Gasteiger partial charge in [0, 0.05) is 23.4 Å². The molecule has 1 aromatic heterocycles. The highest BCUT2D eigenvalue weighted by Gasteiger charge is 2.07. The highest BCUT2D eigenvalue weighted by atomic mass is 35.5. The quantitative estimate of drug-likeness (QED) is 0.620. The van der Waals surface area contributed by atoms with Crippen LogP contribution in [0.4, 0.5) is 0 Å². The van der Waals surface area contributed by atoms with Crippen LogP contribution < -0.4 is 0 Å². The number of aliphatic imine (C=N–C) groups is 1. The summed E-state index contributed by atoms with van der Waals surface area (Å²) >= 11 is 6.02. The lowest BCUT2D eigenvalue weighted by Gasteiger charge is -2.05. The molecule has 18 heavy (non-hydrogen) atoms. The van der Waals surface area contributed by atoms with Crippen LogP contribution in [0.2, 0.25) is 5.15 Å². The fraction of sp³-hybridized carbons (Fsp3) is 0.0714. The van der Waals surface area contributed by atoms with E-state index in [2.05, 4.69) is 28.5 Å². The smallest absolute Gasteiger partial charge is 0.159 e. The van der Waals surface area contributed by atoms with Crippen molar-refractivity contribution in [3.8, 4) is 0 Å². The standard InChI is InChI=1S/C14H12ClN3/c1-10(7-8-16-2)9-13-11-5-3-4-6-12(11)14(15)18-17-13/h3-8H,1-2,9H2/b8-7-. The Morgan fingerprint density at radius 2 is 2.00 bits per heavy atom. The van der Waals surface area contributed by atoms with E-state index in [4.69, 9.17) is 11.6 Å². The number of aromatic nitrogens is 2. The van der Waals surface area contributed by atoms with E-state index < -0.39 is 0 Å². The van der Waals surface area contributed by atoms with Gasteiger partial charge in [0.2, 0.25) is 0 Å². The average molecular weight is 258 g/mol. The molecule has 0 spiro atoms. The molecule has 0 N–H and O–H groups in total. The number of fused-ring (bicyclic) bond motifs is 1. The molecule has 0 amide bonds. The first-order chi connectivity index (χ1) is 8.72. The summed E-state index contributed by atoms with van der Waals surface area (Å²) in [6.45, 7) is 7.32. The van der Waals surface area contributed by atoms with Gasteiger partial charge in [-0.3, -0.25) is 4.99 Å². The Hall–Kier alpha value is -2.00. The van der Waals surface area contributed by atoms with E-state index in [1.165, 1.54) is 0 Å². The molecule has 0 bridgehead atoms. The molecule has 0 saturated carbocycles. The van der Waals surface area contributed by atoms with E-state index in [9.17, 15) is 0 Å². The third kappa shape index (κ3) is 2.63. The van der Waals surface area contributed by atoms with Crippen LogP contribution in [0, 0.1) is 0 Å². The summed E-state index contributed by atoms with van der Waals surface area (Å²) in [5, 5.41) is 10.4. The van der Waals surface area contributed by atoms with Crippen molar-refractivity contribution >= 4 is 29.1 Å². The first-order valence-electron chi connectivity index (χ1n) is 5.42. The fourth-order valence-corrected chi connectivity index (χ4v) is 1.89. The van der Waals surface area contributed by atoms with E-state index in [0.29, 0.717) is 11.6 Å². The van der Waals surface area contributed by atoms with Crippen molar-refractivity contribution in [3.05, 3.63) is 59.5 Å². The van der Waals surface area contributed by atoms with Crippen molar-refractivity contribution in [1.29, 1.82) is 0 Å². The SMILES string of the molecule is C=N/C=C\C(=C)Cc1nnc(Cl)c2ccccc12. The number of allylic oxidation sites excluding steroid dienone is 2. The monoisotopic (exact) mass is 257 g/mol. The van der Waals surface area contributed by atoms with Crippen molar-refractivity contribution < 1.29 is 0 Å². The van der Waals surface area contributed by atoms with Crippen LogP contribution in [0.5, 0.6) is 0 Å². The third-order valence-corrected chi connectivity index (χ3v) is 2.81. The highest BCUT2D eigenvalue weighted by Crippen LogP contribution is 2.23. The Bertz CT molecular complexity index is 632. The van der Waals surface area contributed by atoms with Gasteiger partial charge in [-0.25, -0.2) is 0 Å². The van der Waals surface area contributed by atoms with Gasteiger partial charge in [0.05, 0.1) is 5.69 Å². The van der Waals surface area contributed by atoms with Gasteiger partial charge in [0.25, 0.3) is 0 Å². The molecule has 0 aliphatic rings. The van der Waals surface area contributed by atoms with Crippen LogP contribution in [0.25, 0.3) is 10.8 Å². The summed E-state index contributed by atoms with van der Waals surface area (Å²) in [7, 11) is 0. The van der Waals surface area contributed by atoms with Crippen LogP contribution in [0.1, 0.15) is 5.69 Å². The Balaban J connectivity index is 2.40. The lowest BCUT2D eigenvalue weighted by Crippen LogP contribution is -1.96. The van der Waals surface area contributed by atoms with E-state index in [1.807, 2.05) is 24.3 Å². The molecule has 2 aromatic rings. The molecule has 0 atom stereocenters. The van der Waals surface area contributed by atoms with Gasteiger partial charge in [0.15, 0.2) is 5.15 Å². The number of benzene rings is 1. The van der Waals surface area contributed by atoms with E-state index in [-0.39, 0.29) is 0 Å². The Labute approximate surface area is 111 Å². The van der Waals surface area contributed by atoms with Crippen LogP contribution >= 0.6 is 11.6 Å². The molecule has 2 rings (SSSR count). The summed E-state index contributed by atoms with van der Waals surface area (Å²) in [6, 6.07) is 7.79. The van der Waals surface area contributed by atoms with Crippen molar-refractivity contribution in [2.45, 2.75) is 6.42 Å². The second-order valence-corrected chi connectivity index (χ2v) is 4.17. The van der Waals surface area contributed by atoms with Gasteiger partial charge in [-0.05, 0) is 18.4 Å². The summed E-state index contributed by atoms with van der Waals surface area (Å²) in [5.74, 6) is 0. The molecule has 0 radical (unpaired) electrons. The maximum atomic E-state index is 6.02. The van der Waals surface area contributed by atoms with Crippen LogP contribution in [0.3, 0.4) is 0 Å². The molecular formula is C14H12ClN3.